The average Bonchev–Trinajstić information content (AvgIpc) is 2.89. The highest BCUT2D eigenvalue weighted by Gasteiger charge is 2.39. The maximum absolute atomic E-state index is 13.6. The highest BCUT2D eigenvalue weighted by atomic mass is 35.5. The van der Waals surface area contributed by atoms with Crippen molar-refractivity contribution in [3.63, 3.8) is 0 Å². The number of nitrogens with one attached hydrogen (secondary N) is 2. The van der Waals surface area contributed by atoms with Gasteiger partial charge in [0.05, 0.1) is 12.0 Å². The van der Waals surface area contributed by atoms with Crippen molar-refractivity contribution in [1.29, 1.82) is 0 Å². The molecule has 136 valence electrons. The minimum absolute atomic E-state index is 0. The number of ether oxygens (including phenoxy) is 1. The minimum atomic E-state index is -3.78. The molecular weight excluding hydrogens is 361 g/mol. The summed E-state index contributed by atoms with van der Waals surface area (Å²) in [4.78, 5) is 11.2. The Balaban J connectivity index is 0.00000288. The van der Waals surface area contributed by atoms with Crippen molar-refractivity contribution in [2.45, 2.75) is 23.5 Å². The molecule has 1 amide bonds. The third-order valence-corrected chi connectivity index (χ3v) is 5.58. The SMILES string of the molecule is CNC[C@@H]1C[C@H](F)CN1S(=O)(=O)c1ccc(NC(=O)OC)cc1.Cl. The molecule has 2 N–H and O–H groups in total. The van der Waals surface area contributed by atoms with E-state index in [1.807, 2.05) is 0 Å². The van der Waals surface area contributed by atoms with Gasteiger partial charge in [-0.25, -0.2) is 17.6 Å². The average molecular weight is 382 g/mol. The van der Waals surface area contributed by atoms with Gasteiger partial charge in [-0.05, 0) is 37.7 Å². The third kappa shape index (κ3) is 4.56. The van der Waals surface area contributed by atoms with Crippen molar-refractivity contribution in [3.05, 3.63) is 24.3 Å². The fourth-order valence-electron chi connectivity index (χ4n) is 2.56. The number of hydrogen-bond acceptors (Lipinski definition) is 5. The van der Waals surface area contributed by atoms with E-state index in [1.54, 1.807) is 7.05 Å². The van der Waals surface area contributed by atoms with Gasteiger partial charge in [0.1, 0.15) is 6.17 Å². The Kier molecular flexibility index (Phi) is 7.40. The number of anilines is 1. The second kappa shape index (κ2) is 8.61. The van der Waals surface area contributed by atoms with Crippen molar-refractivity contribution in [2.75, 3.05) is 32.6 Å². The summed E-state index contributed by atoms with van der Waals surface area (Å²) in [6, 6.07) is 5.26. The normalized spacial score (nSPS) is 21.1. The van der Waals surface area contributed by atoms with Crippen LogP contribution in [0.15, 0.2) is 29.2 Å². The number of nitrogens with zero attached hydrogens (tertiary/aromatic N) is 1. The molecule has 7 nitrogen and oxygen atoms in total. The zero-order valence-electron chi connectivity index (χ0n) is 13.4. The molecule has 1 heterocycles. The predicted octanol–water partition coefficient (Wildman–Crippen LogP) is 1.61. The van der Waals surface area contributed by atoms with Gasteiger partial charge in [0.2, 0.25) is 10.0 Å². The summed E-state index contributed by atoms with van der Waals surface area (Å²) in [5.74, 6) is 0. The van der Waals surface area contributed by atoms with Crippen molar-refractivity contribution < 1.29 is 22.3 Å². The number of sulfonamides is 1. The number of rotatable bonds is 5. The Labute approximate surface area is 147 Å². The van der Waals surface area contributed by atoms with Crippen LogP contribution in [0.3, 0.4) is 0 Å². The smallest absolute Gasteiger partial charge is 0.411 e. The van der Waals surface area contributed by atoms with E-state index < -0.39 is 28.3 Å². The lowest BCUT2D eigenvalue weighted by atomic mass is 10.2. The number of likely N-dealkylation sites (N-methyl/N-ethyl adjacent to an activating group) is 1. The van der Waals surface area contributed by atoms with Crippen LogP contribution >= 0.6 is 12.4 Å². The molecule has 0 spiro atoms. The Morgan fingerprint density at radius 3 is 2.54 bits per heavy atom. The number of carbonyl (C=O) groups is 1. The standard InChI is InChI=1S/C14H20FN3O4S.ClH/c1-16-8-12-7-10(15)9-18(12)23(20,21)13-5-3-11(4-6-13)17-14(19)22-2;/h3-6,10,12,16H,7-9H2,1-2H3,(H,17,19);1H/t10-,12-;/m0./s1. The number of alkyl halides is 1. The van der Waals surface area contributed by atoms with E-state index in [2.05, 4.69) is 15.4 Å². The van der Waals surface area contributed by atoms with E-state index in [-0.39, 0.29) is 30.3 Å². The fraction of sp³-hybridized carbons (Fsp3) is 0.500. The first kappa shape index (κ1) is 20.6. The molecule has 0 saturated carbocycles. The van der Waals surface area contributed by atoms with Gasteiger partial charge < -0.3 is 10.1 Å². The Hall–Kier alpha value is -1.42. The topological polar surface area (TPSA) is 87.7 Å². The Morgan fingerprint density at radius 1 is 1.38 bits per heavy atom. The molecule has 0 aliphatic carbocycles. The van der Waals surface area contributed by atoms with E-state index in [0.29, 0.717) is 12.2 Å². The van der Waals surface area contributed by atoms with Crippen LogP contribution in [-0.2, 0) is 14.8 Å². The molecule has 1 aliphatic rings. The van der Waals surface area contributed by atoms with E-state index in [9.17, 15) is 17.6 Å². The van der Waals surface area contributed by atoms with Gasteiger partial charge in [0, 0.05) is 24.8 Å². The zero-order valence-corrected chi connectivity index (χ0v) is 15.0. The summed E-state index contributed by atoms with van der Waals surface area (Å²) in [5.41, 5.74) is 0.410. The summed E-state index contributed by atoms with van der Waals surface area (Å²) >= 11 is 0. The highest BCUT2D eigenvalue weighted by molar-refractivity contribution is 7.89. The molecule has 2 rings (SSSR count). The van der Waals surface area contributed by atoms with Gasteiger partial charge in [0.25, 0.3) is 0 Å². The molecule has 1 fully saturated rings. The lowest BCUT2D eigenvalue weighted by Crippen LogP contribution is -2.40. The summed E-state index contributed by atoms with van der Waals surface area (Å²) in [6.45, 7) is 0.248. The van der Waals surface area contributed by atoms with Gasteiger partial charge in [-0.15, -0.1) is 12.4 Å². The zero-order chi connectivity index (χ0) is 17.0. The van der Waals surface area contributed by atoms with E-state index in [1.165, 1.54) is 35.7 Å². The monoisotopic (exact) mass is 381 g/mol. The molecule has 0 aromatic heterocycles. The molecule has 2 atom stereocenters. The third-order valence-electron chi connectivity index (χ3n) is 3.65. The number of hydrogen-bond donors (Lipinski definition) is 2. The van der Waals surface area contributed by atoms with Gasteiger partial charge >= 0.3 is 6.09 Å². The van der Waals surface area contributed by atoms with Crippen LogP contribution < -0.4 is 10.6 Å². The molecule has 0 bridgehead atoms. The quantitative estimate of drug-likeness (QED) is 0.809. The van der Waals surface area contributed by atoms with Crippen LogP contribution in [0.1, 0.15) is 6.42 Å². The minimum Gasteiger partial charge on any atom is -0.453 e. The summed E-state index contributed by atoms with van der Waals surface area (Å²) in [7, 11) is -0.853. The van der Waals surface area contributed by atoms with Crippen molar-refractivity contribution in [3.8, 4) is 0 Å². The lowest BCUT2D eigenvalue weighted by molar-refractivity contribution is 0.187. The maximum Gasteiger partial charge on any atom is 0.411 e. The van der Waals surface area contributed by atoms with Crippen LogP contribution in [0.2, 0.25) is 0 Å². The Bertz CT molecular complexity index is 656. The summed E-state index contributed by atoms with van der Waals surface area (Å²) in [5, 5.41) is 5.32. The van der Waals surface area contributed by atoms with Crippen LogP contribution in [-0.4, -0.2) is 58.3 Å². The number of methoxy groups -OCH3 is 1. The molecule has 0 unspecified atom stereocenters. The van der Waals surface area contributed by atoms with Crippen LogP contribution in [0.4, 0.5) is 14.9 Å². The van der Waals surface area contributed by atoms with E-state index >= 15 is 0 Å². The molecule has 10 heteroatoms. The number of carbonyl (C=O) groups excluding carboxylic acids is 1. The van der Waals surface area contributed by atoms with Crippen molar-refractivity contribution in [2.24, 2.45) is 0 Å². The van der Waals surface area contributed by atoms with Gasteiger partial charge in [-0.3, -0.25) is 5.32 Å². The Morgan fingerprint density at radius 2 is 2.00 bits per heavy atom. The molecule has 1 saturated heterocycles. The second-order valence-corrected chi connectivity index (χ2v) is 7.15. The van der Waals surface area contributed by atoms with Crippen LogP contribution in [0, 0.1) is 0 Å². The van der Waals surface area contributed by atoms with Crippen molar-refractivity contribution >= 4 is 34.2 Å². The van der Waals surface area contributed by atoms with Gasteiger partial charge in [0.15, 0.2) is 0 Å². The first-order valence-corrected chi connectivity index (χ1v) is 8.58. The maximum atomic E-state index is 13.6. The van der Waals surface area contributed by atoms with E-state index in [4.69, 9.17) is 0 Å². The van der Waals surface area contributed by atoms with E-state index in [0.717, 1.165) is 0 Å². The molecule has 0 radical (unpaired) electrons. The van der Waals surface area contributed by atoms with Crippen LogP contribution in [0.5, 0.6) is 0 Å². The molecule has 1 aromatic rings. The number of halogens is 2. The number of benzene rings is 1. The molecular formula is C14H21ClFN3O4S. The van der Waals surface area contributed by atoms with Gasteiger partial charge in [-0.2, -0.15) is 4.31 Å². The first-order valence-electron chi connectivity index (χ1n) is 7.14. The van der Waals surface area contributed by atoms with Crippen LogP contribution in [0.25, 0.3) is 0 Å². The molecule has 1 aliphatic heterocycles. The van der Waals surface area contributed by atoms with Crippen molar-refractivity contribution in [1.82, 2.24) is 9.62 Å². The summed E-state index contributed by atoms with van der Waals surface area (Å²) in [6.07, 6.45) is -1.62. The number of amides is 1. The van der Waals surface area contributed by atoms with Gasteiger partial charge in [-0.1, -0.05) is 0 Å². The molecule has 1 aromatic carbocycles. The fourth-order valence-corrected chi connectivity index (χ4v) is 4.22. The highest BCUT2D eigenvalue weighted by Crippen LogP contribution is 2.28. The first-order chi connectivity index (χ1) is 10.9. The second-order valence-electron chi connectivity index (χ2n) is 5.26. The predicted molar refractivity (Wildman–Crippen MR) is 90.8 cm³/mol. The summed E-state index contributed by atoms with van der Waals surface area (Å²) < 4.78 is 44.6. The molecule has 24 heavy (non-hydrogen) atoms. The largest absolute Gasteiger partial charge is 0.453 e. The lowest BCUT2D eigenvalue weighted by Gasteiger charge is -2.23.